The summed E-state index contributed by atoms with van der Waals surface area (Å²) in [7, 11) is 1.71. The Balaban J connectivity index is 1.80. The van der Waals surface area contributed by atoms with Gasteiger partial charge in [0, 0.05) is 34.6 Å². The average molecular weight is 388 g/mol. The van der Waals surface area contributed by atoms with Gasteiger partial charge in [-0.1, -0.05) is 6.07 Å². The second kappa shape index (κ2) is 8.56. The van der Waals surface area contributed by atoms with Gasteiger partial charge in [-0.05, 0) is 67.7 Å². The fourth-order valence-electron chi connectivity index (χ4n) is 3.16. The smallest absolute Gasteiger partial charge is 0.169 e. The average Bonchev–Trinajstić information content (AvgIpc) is 3.25. The molecule has 4 nitrogen and oxygen atoms in total. The molecule has 0 amide bonds. The molecule has 2 heterocycles. The van der Waals surface area contributed by atoms with Gasteiger partial charge in [-0.15, -0.1) is 11.3 Å². The normalized spacial score (nSPS) is 10.9. The molecule has 0 aliphatic heterocycles. The Morgan fingerprint density at radius 1 is 1.35 bits per heavy atom. The third-order valence-electron chi connectivity index (χ3n) is 4.50. The minimum Gasteiger partial charge on any atom is -0.497 e. The van der Waals surface area contributed by atoms with Gasteiger partial charge in [-0.3, -0.25) is 0 Å². The number of H-pyrrole nitrogens is 1. The van der Waals surface area contributed by atoms with E-state index in [-0.39, 0.29) is 0 Å². The second-order valence-corrected chi connectivity index (χ2v) is 7.65. The molecule has 1 aromatic carbocycles. The quantitative estimate of drug-likeness (QED) is 0.586. The van der Waals surface area contributed by atoms with Crippen LogP contribution in [0.25, 0.3) is 10.9 Å². The number of hydrogen-bond acceptors (Lipinski definition) is 3. The zero-order valence-corrected chi connectivity index (χ0v) is 17.1. The lowest BCUT2D eigenvalue weighted by atomic mass is 10.1. The second-order valence-electron chi connectivity index (χ2n) is 6.23. The van der Waals surface area contributed by atoms with Crippen LogP contribution in [0.4, 0.5) is 0 Å². The van der Waals surface area contributed by atoms with Gasteiger partial charge in [0.2, 0.25) is 0 Å². The van der Waals surface area contributed by atoms with Gasteiger partial charge in [0.25, 0.3) is 0 Å². The molecule has 0 saturated heterocycles. The molecule has 3 rings (SSSR count). The van der Waals surface area contributed by atoms with Crippen molar-refractivity contribution in [2.45, 2.75) is 26.8 Å². The van der Waals surface area contributed by atoms with E-state index in [4.69, 9.17) is 17.0 Å². The molecule has 0 aliphatic rings. The van der Waals surface area contributed by atoms with Crippen molar-refractivity contribution in [3.05, 3.63) is 51.8 Å². The third kappa shape index (κ3) is 4.19. The van der Waals surface area contributed by atoms with Crippen LogP contribution < -0.4 is 10.1 Å². The molecule has 2 aromatic heterocycles. The first kappa shape index (κ1) is 18.7. The fourth-order valence-corrected chi connectivity index (χ4v) is 4.18. The van der Waals surface area contributed by atoms with Gasteiger partial charge in [0.05, 0.1) is 13.7 Å². The molecule has 0 unspecified atom stereocenters. The van der Waals surface area contributed by atoms with Crippen LogP contribution in [-0.4, -0.2) is 35.2 Å². The van der Waals surface area contributed by atoms with Crippen molar-refractivity contribution in [2.75, 3.05) is 20.2 Å². The van der Waals surface area contributed by atoms with E-state index in [1.54, 1.807) is 18.4 Å². The number of thiophene rings is 1. The van der Waals surface area contributed by atoms with Gasteiger partial charge in [0.15, 0.2) is 5.11 Å². The highest BCUT2D eigenvalue weighted by Crippen LogP contribution is 2.27. The van der Waals surface area contributed by atoms with Crippen molar-refractivity contribution in [2.24, 2.45) is 0 Å². The number of fused-ring (bicyclic) bond motifs is 1. The number of nitrogens with one attached hydrogen (secondary N) is 2. The predicted octanol–water partition coefficient (Wildman–Crippen LogP) is 4.49. The molecule has 0 fully saturated rings. The van der Waals surface area contributed by atoms with E-state index in [1.165, 1.54) is 21.5 Å². The zero-order chi connectivity index (χ0) is 18.5. The Labute approximate surface area is 164 Å². The van der Waals surface area contributed by atoms with E-state index in [9.17, 15) is 0 Å². The van der Waals surface area contributed by atoms with Crippen molar-refractivity contribution < 1.29 is 4.74 Å². The van der Waals surface area contributed by atoms with E-state index in [2.05, 4.69) is 58.7 Å². The number of aromatic nitrogens is 1. The Morgan fingerprint density at radius 2 is 2.19 bits per heavy atom. The molecule has 26 heavy (non-hydrogen) atoms. The van der Waals surface area contributed by atoms with Crippen LogP contribution in [0.1, 0.15) is 23.1 Å². The molecule has 0 radical (unpaired) electrons. The highest BCUT2D eigenvalue weighted by Gasteiger charge is 2.14. The summed E-state index contributed by atoms with van der Waals surface area (Å²) < 4.78 is 5.40. The van der Waals surface area contributed by atoms with Crippen molar-refractivity contribution in [1.82, 2.24) is 15.2 Å². The van der Waals surface area contributed by atoms with Gasteiger partial charge in [0.1, 0.15) is 5.75 Å². The molecular formula is C20H25N3OS2. The third-order valence-corrected chi connectivity index (χ3v) is 5.76. The highest BCUT2D eigenvalue weighted by atomic mass is 32.1. The summed E-state index contributed by atoms with van der Waals surface area (Å²) >= 11 is 7.37. The number of aryl methyl sites for hydroxylation is 1. The molecule has 138 valence electrons. The lowest BCUT2D eigenvalue weighted by Gasteiger charge is -2.25. The van der Waals surface area contributed by atoms with E-state index in [0.717, 1.165) is 42.4 Å². The maximum atomic E-state index is 5.60. The first-order chi connectivity index (χ1) is 12.6. The summed E-state index contributed by atoms with van der Waals surface area (Å²) in [6, 6.07) is 10.4. The first-order valence-electron chi connectivity index (χ1n) is 8.82. The van der Waals surface area contributed by atoms with E-state index >= 15 is 0 Å². The van der Waals surface area contributed by atoms with Crippen LogP contribution >= 0.6 is 23.6 Å². The van der Waals surface area contributed by atoms with E-state index < -0.39 is 0 Å². The minimum atomic E-state index is 0.816. The maximum absolute atomic E-state index is 5.60. The number of ether oxygens (including phenoxy) is 1. The molecule has 2 N–H and O–H groups in total. The Kier molecular flexibility index (Phi) is 6.16. The van der Waals surface area contributed by atoms with Gasteiger partial charge >= 0.3 is 0 Å². The Hall–Kier alpha value is -2.05. The molecule has 0 bridgehead atoms. The summed E-state index contributed by atoms with van der Waals surface area (Å²) in [5, 5.41) is 7.45. The molecule has 0 spiro atoms. The number of thiocarbonyl (C=S) groups is 1. The van der Waals surface area contributed by atoms with Crippen LogP contribution in [0, 0.1) is 6.92 Å². The molecule has 0 saturated carbocycles. The van der Waals surface area contributed by atoms with Crippen LogP contribution in [0.15, 0.2) is 35.7 Å². The molecule has 3 aromatic rings. The summed E-state index contributed by atoms with van der Waals surface area (Å²) in [6.45, 7) is 6.76. The molecule has 0 aliphatic carbocycles. The van der Waals surface area contributed by atoms with E-state index in [1.807, 2.05) is 6.07 Å². The van der Waals surface area contributed by atoms with Crippen molar-refractivity contribution in [3.8, 4) is 5.75 Å². The number of rotatable bonds is 7. The predicted molar refractivity (Wildman–Crippen MR) is 114 cm³/mol. The fraction of sp³-hybridized carbons (Fsp3) is 0.350. The number of aromatic amines is 1. The summed E-state index contributed by atoms with van der Waals surface area (Å²) in [5.41, 5.74) is 3.69. The number of methoxy groups -OCH3 is 1. The molecule has 0 atom stereocenters. The first-order valence-corrected chi connectivity index (χ1v) is 10.1. The molecule has 6 heteroatoms. The van der Waals surface area contributed by atoms with Crippen LogP contribution in [-0.2, 0) is 13.0 Å². The summed E-state index contributed by atoms with van der Waals surface area (Å²) in [6.07, 6.45) is 0.926. The van der Waals surface area contributed by atoms with Crippen molar-refractivity contribution in [1.29, 1.82) is 0 Å². The monoisotopic (exact) mass is 387 g/mol. The lowest BCUT2D eigenvalue weighted by Crippen LogP contribution is -2.40. The zero-order valence-electron chi connectivity index (χ0n) is 15.5. The molecular weight excluding hydrogens is 362 g/mol. The van der Waals surface area contributed by atoms with Crippen LogP contribution in [0.5, 0.6) is 5.75 Å². The minimum absolute atomic E-state index is 0.816. The maximum Gasteiger partial charge on any atom is 0.169 e. The highest BCUT2D eigenvalue weighted by molar-refractivity contribution is 7.80. The van der Waals surface area contributed by atoms with Crippen LogP contribution in [0.2, 0.25) is 0 Å². The number of nitrogens with zero attached hydrogens (tertiary/aromatic N) is 1. The number of hydrogen-bond donors (Lipinski definition) is 2. The summed E-state index contributed by atoms with van der Waals surface area (Å²) in [4.78, 5) is 7.06. The van der Waals surface area contributed by atoms with E-state index in [0.29, 0.717) is 0 Å². The van der Waals surface area contributed by atoms with Gasteiger partial charge < -0.3 is 19.9 Å². The summed E-state index contributed by atoms with van der Waals surface area (Å²) in [5.74, 6) is 0.886. The number of benzene rings is 1. The van der Waals surface area contributed by atoms with Crippen molar-refractivity contribution >= 4 is 39.6 Å². The Bertz CT molecular complexity index is 871. The largest absolute Gasteiger partial charge is 0.497 e. The SMILES string of the molecule is CCNC(=S)N(CCc1c(C)[nH]c2ccc(OC)cc12)Cc1cccs1. The topological polar surface area (TPSA) is 40.3 Å². The van der Waals surface area contributed by atoms with Crippen LogP contribution in [0.3, 0.4) is 0 Å². The standard InChI is InChI=1S/C20H25N3OS2/c1-4-21-20(25)23(13-16-6-5-11-26-16)10-9-17-14(2)22-19-8-7-15(24-3)12-18(17)19/h5-8,11-12,22H,4,9-10,13H2,1-3H3,(H,21,25). The van der Waals surface area contributed by atoms with Crippen molar-refractivity contribution in [3.63, 3.8) is 0 Å². The Morgan fingerprint density at radius 3 is 2.88 bits per heavy atom. The van der Waals surface area contributed by atoms with Gasteiger partial charge in [-0.2, -0.15) is 0 Å². The lowest BCUT2D eigenvalue weighted by molar-refractivity contribution is 0.413. The van der Waals surface area contributed by atoms with Gasteiger partial charge in [-0.25, -0.2) is 0 Å².